The molecule has 3 heterocycles. The molecule has 140 valence electrons. The molecule has 0 unspecified atom stereocenters. The molecule has 0 atom stereocenters. The highest BCUT2D eigenvalue weighted by Crippen LogP contribution is 2.29. The van der Waals surface area contributed by atoms with Crippen molar-refractivity contribution in [1.82, 2.24) is 20.1 Å². The smallest absolute Gasteiger partial charge is 0.196 e. The van der Waals surface area contributed by atoms with Gasteiger partial charge in [0.05, 0.1) is 17.9 Å². The molecule has 1 saturated heterocycles. The quantitative estimate of drug-likeness (QED) is 0.651. The lowest BCUT2D eigenvalue weighted by atomic mass is 10.1. The Hall–Kier alpha value is -2.93. The Bertz CT molecular complexity index is 970. The van der Waals surface area contributed by atoms with E-state index < -0.39 is 11.6 Å². The standard InChI is InChI=1S/C20H20F2N4O/c21-16-3-4-18(22)13(9-16)1-2-14-10-19(25-20(14)27)15-11-24-26(12-15)17-5-7-23-8-6-17/h1-4,9-12,17,23,25,27H,5-8H2. The molecule has 0 aliphatic carbocycles. The molecule has 1 aromatic carbocycles. The molecule has 1 aliphatic rings. The molecule has 3 aromatic rings. The number of hydrogen-bond acceptors (Lipinski definition) is 3. The van der Waals surface area contributed by atoms with Crippen LogP contribution in [0.5, 0.6) is 5.88 Å². The minimum Gasteiger partial charge on any atom is -0.494 e. The Balaban J connectivity index is 1.55. The zero-order valence-electron chi connectivity index (χ0n) is 14.6. The van der Waals surface area contributed by atoms with Gasteiger partial charge < -0.3 is 15.4 Å². The number of benzene rings is 1. The number of aromatic amines is 1. The zero-order chi connectivity index (χ0) is 18.8. The van der Waals surface area contributed by atoms with E-state index in [-0.39, 0.29) is 11.4 Å². The average molecular weight is 370 g/mol. The van der Waals surface area contributed by atoms with Crippen LogP contribution in [0.15, 0.2) is 36.7 Å². The van der Waals surface area contributed by atoms with Gasteiger partial charge in [0.15, 0.2) is 5.88 Å². The summed E-state index contributed by atoms with van der Waals surface area (Å²) in [6.45, 7) is 1.96. The number of H-pyrrole nitrogens is 1. The third-order valence-electron chi connectivity index (χ3n) is 4.82. The van der Waals surface area contributed by atoms with Crippen LogP contribution in [0.1, 0.15) is 30.0 Å². The van der Waals surface area contributed by atoms with Crippen LogP contribution in [0.2, 0.25) is 0 Å². The highest BCUT2D eigenvalue weighted by molar-refractivity contribution is 5.75. The molecule has 0 spiro atoms. The summed E-state index contributed by atoms with van der Waals surface area (Å²) in [4.78, 5) is 2.91. The number of aromatic hydroxyl groups is 1. The highest BCUT2D eigenvalue weighted by atomic mass is 19.1. The van der Waals surface area contributed by atoms with E-state index in [1.54, 1.807) is 18.3 Å². The molecule has 1 aliphatic heterocycles. The second kappa shape index (κ2) is 7.36. The van der Waals surface area contributed by atoms with Gasteiger partial charge in [-0.15, -0.1) is 0 Å². The van der Waals surface area contributed by atoms with Crippen LogP contribution in [0.4, 0.5) is 8.78 Å². The van der Waals surface area contributed by atoms with Gasteiger partial charge in [-0.25, -0.2) is 8.78 Å². The predicted molar refractivity (Wildman–Crippen MR) is 100 cm³/mol. The number of piperidine rings is 1. The van der Waals surface area contributed by atoms with Crippen molar-refractivity contribution in [3.8, 4) is 17.1 Å². The van der Waals surface area contributed by atoms with Crippen LogP contribution in [-0.4, -0.2) is 33.0 Å². The van der Waals surface area contributed by atoms with Crippen LogP contribution in [0, 0.1) is 11.6 Å². The van der Waals surface area contributed by atoms with E-state index in [1.165, 1.54) is 6.08 Å². The fraction of sp³-hybridized carbons (Fsp3) is 0.250. The summed E-state index contributed by atoms with van der Waals surface area (Å²) in [6, 6.07) is 5.39. The molecule has 0 bridgehead atoms. The van der Waals surface area contributed by atoms with Gasteiger partial charge in [-0.2, -0.15) is 5.10 Å². The topological polar surface area (TPSA) is 65.9 Å². The molecule has 3 N–H and O–H groups in total. The van der Waals surface area contributed by atoms with Gasteiger partial charge in [0.2, 0.25) is 0 Å². The van der Waals surface area contributed by atoms with Crippen LogP contribution in [-0.2, 0) is 0 Å². The molecule has 1 fully saturated rings. The summed E-state index contributed by atoms with van der Waals surface area (Å²) in [5, 5.41) is 17.9. The summed E-state index contributed by atoms with van der Waals surface area (Å²) < 4.78 is 28.9. The Labute approximate surface area is 155 Å². The van der Waals surface area contributed by atoms with Gasteiger partial charge in [0, 0.05) is 22.9 Å². The number of halogens is 2. The molecule has 7 heteroatoms. The minimum absolute atomic E-state index is 0.0346. The van der Waals surface area contributed by atoms with Gasteiger partial charge in [0.1, 0.15) is 11.6 Å². The first-order valence-corrected chi connectivity index (χ1v) is 8.90. The van der Waals surface area contributed by atoms with Gasteiger partial charge in [-0.1, -0.05) is 6.08 Å². The first-order valence-electron chi connectivity index (χ1n) is 8.90. The van der Waals surface area contributed by atoms with Gasteiger partial charge in [-0.05, 0) is 56.3 Å². The average Bonchev–Trinajstić information content (AvgIpc) is 3.30. The molecule has 2 aromatic heterocycles. The van der Waals surface area contributed by atoms with E-state index in [9.17, 15) is 13.9 Å². The van der Waals surface area contributed by atoms with E-state index in [0.29, 0.717) is 17.3 Å². The molecular formula is C20H20F2N4O. The fourth-order valence-corrected chi connectivity index (χ4v) is 3.31. The predicted octanol–water partition coefficient (Wildman–Crippen LogP) is 3.96. The van der Waals surface area contributed by atoms with Crippen molar-refractivity contribution in [2.45, 2.75) is 18.9 Å². The van der Waals surface area contributed by atoms with Crippen molar-refractivity contribution >= 4 is 12.2 Å². The molecule has 4 rings (SSSR count). The lowest BCUT2D eigenvalue weighted by Gasteiger charge is -2.22. The maximum atomic E-state index is 13.7. The second-order valence-corrected chi connectivity index (χ2v) is 6.68. The van der Waals surface area contributed by atoms with Crippen LogP contribution in [0.25, 0.3) is 23.4 Å². The number of aromatic nitrogens is 3. The molecule has 0 amide bonds. The summed E-state index contributed by atoms with van der Waals surface area (Å²) in [6.07, 6.45) is 8.76. The molecule has 27 heavy (non-hydrogen) atoms. The molecule has 0 radical (unpaired) electrons. The van der Waals surface area contributed by atoms with Crippen LogP contribution >= 0.6 is 0 Å². The highest BCUT2D eigenvalue weighted by Gasteiger charge is 2.17. The molecule has 0 saturated carbocycles. The Morgan fingerprint density at radius 2 is 1.89 bits per heavy atom. The van der Waals surface area contributed by atoms with Gasteiger partial charge >= 0.3 is 0 Å². The molecular weight excluding hydrogens is 350 g/mol. The zero-order valence-corrected chi connectivity index (χ0v) is 14.6. The second-order valence-electron chi connectivity index (χ2n) is 6.68. The first kappa shape index (κ1) is 17.5. The van der Waals surface area contributed by atoms with Gasteiger partial charge in [-0.3, -0.25) is 4.68 Å². The van der Waals surface area contributed by atoms with Gasteiger partial charge in [0.25, 0.3) is 0 Å². The normalized spacial score (nSPS) is 15.6. The van der Waals surface area contributed by atoms with E-state index in [0.717, 1.165) is 49.7 Å². The number of hydrogen-bond donors (Lipinski definition) is 3. The minimum atomic E-state index is -0.522. The van der Waals surface area contributed by atoms with Crippen molar-refractivity contribution in [2.75, 3.05) is 13.1 Å². The number of rotatable bonds is 4. The summed E-state index contributed by atoms with van der Waals surface area (Å²) >= 11 is 0. The van der Waals surface area contributed by atoms with Crippen LogP contribution in [0.3, 0.4) is 0 Å². The number of nitrogens with zero attached hydrogens (tertiary/aromatic N) is 2. The van der Waals surface area contributed by atoms with E-state index in [4.69, 9.17) is 0 Å². The maximum Gasteiger partial charge on any atom is 0.196 e. The monoisotopic (exact) mass is 370 g/mol. The Morgan fingerprint density at radius 3 is 2.70 bits per heavy atom. The largest absolute Gasteiger partial charge is 0.494 e. The first-order chi connectivity index (χ1) is 13.1. The van der Waals surface area contributed by atoms with Crippen molar-refractivity contribution in [3.63, 3.8) is 0 Å². The van der Waals surface area contributed by atoms with Crippen LogP contribution < -0.4 is 5.32 Å². The summed E-state index contributed by atoms with van der Waals surface area (Å²) in [7, 11) is 0. The number of nitrogens with one attached hydrogen (secondary N) is 2. The van der Waals surface area contributed by atoms with Crippen molar-refractivity contribution in [2.24, 2.45) is 0 Å². The lowest BCUT2D eigenvalue weighted by Crippen LogP contribution is -2.29. The Kier molecular flexibility index (Phi) is 4.77. The van der Waals surface area contributed by atoms with E-state index in [2.05, 4.69) is 15.4 Å². The SMILES string of the molecule is Oc1[nH]c(-c2cnn(C3CCNCC3)c2)cc1C=Cc1cc(F)ccc1F. The third kappa shape index (κ3) is 3.78. The fourth-order valence-electron chi connectivity index (χ4n) is 3.31. The maximum absolute atomic E-state index is 13.7. The van der Waals surface area contributed by atoms with E-state index in [1.807, 2.05) is 10.9 Å². The van der Waals surface area contributed by atoms with Crippen molar-refractivity contribution in [1.29, 1.82) is 0 Å². The summed E-state index contributed by atoms with van der Waals surface area (Å²) in [5.74, 6) is -1.07. The van der Waals surface area contributed by atoms with Crippen molar-refractivity contribution < 1.29 is 13.9 Å². The third-order valence-corrected chi connectivity index (χ3v) is 4.82. The van der Waals surface area contributed by atoms with E-state index >= 15 is 0 Å². The van der Waals surface area contributed by atoms with Crippen molar-refractivity contribution in [3.05, 3.63) is 59.4 Å². The Morgan fingerprint density at radius 1 is 1.11 bits per heavy atom. The lowest BCUT2D eigenvalue weighted by molar-refractivity contribution is 0.343. The molecule has 5 nitrogen and oxygen atoms in total. The summed E-state index contributed by atoms with van der Waals surface area (Å²) in [5.41, 5.74) is 2.19.